The van der Waals surface area contributed by atoms with Crippen LogP contribution in [0.25, 0.3) is 0 Å². The van der Waals surface area contributed by atoms with Crippen LogP contribution in [0.3, 0.4) is 0 Å². The van der Waals surface area contributed by atoms with Gasteiger partial charge in [-0.2, -0.15) is 4.37 Å². The maximum atomic E-state index is 9.45. The van der Waals surface area contributed by atoms with Crippen molar-refractivity contribution >= 4 is 22.4 Å². The molecule has 0 saturated carbocycles. The van der Waals surface area contributed by atoms with Crippen LogP contribution >= 0.6 is 11.5 Å². The van der Waals surface area contributed by atoms with Gasteiger partial charge in [0, 0.05) is 17.5 Å². The summed E-state index contributed by atoms with van der Waals surface area (Å²) >= 11 is 1.14. The molecule has 0 atom stereocenters. The number of rotatable bonds is 3. The number of azo groups is 1. The van der Waals surface area contributed by atoms with Crippen molar-refractivity contribution in [3.63, 3.8) is 0 Å². The molecule has 0 fully saturated rings. The minimum absolute atomic E-state index is 0.0877. The molecule has 2 aromatic heterocycles. The van der Waals surface area contributed by atoms with Crippen molar-refractivity contribution in [2.75, 3.05) is 0 Å². The molecule has 0 saturated heterocycles. The van der Waals surface area contributed by atoms with Crippen LogP contribution < -0.4 is 0 Å². The molecule has 0 aliphatic heterocycles. The van der Waals surface area contributed by atoms with E-state index in [1.54, 1.807) is 6.92 Å². The Hall–Kier alpha value is -1.83. The third kappa shape index (κ3) is 2.47. The van der Waals surface area contributed by atoms with Crippen LogP contribution in [-0.2, 0) is 0 Å². The zero-order valence-electron chi connectivity index (χ0n) is 9.58. The number of hydrogen-bond acceptors (Lipinski definition) is 8. The van der Waals surface area contributed by atoms with Gasteiger partial charge >= 0.3 is 5.95 Å². The first kappa shape index (κ1) is 11.6. The molecule has 0 radical (unpaired) electrons. The predicted molar refractivity (Wildman–Crippen MR) is 61.1 cm³/mol. The zero-order chi connectivity index (χ0) is 12.4. The maximum absolute atomic E-state index is 9.45. The van der Waals surface area contributed by atoms with Crippen molar-refractivity contribution < 1.29 is 9.63 Å². The fraction of sp³-hybridized carbons (Fsp3) is 0.444. The van der Waals surface area contributed by atoms with Gasteiger partial charge < -0.3 is 9.63 Å². The zero-order valence-corrected chi connectivity index (χ0v) is 10.4. The summed E-state index contributed by atoms with van der Waals surface area (Å²) in [6.45, 7) is 5.61. The quantitative estimate of drug-likeness (QED) is 0.848. The molecule has 0 aliphatic rings. The number of aromatic nitrogens is 3. The van der Waals surface area contributed by atoms with Crippen LogP contribution in [0, 0.1) is 6.92 Å². The molecule has 8 heteroatoms. The summed E-state index contributed by atoms with van der Waals surface area (Å²) in [6, 6.07) is 0. The van der Waals surface area contributed by atoms with E-state index in [0.717, 1.165) is 11.5 Å². The van der Waals surface area contributed by atoms with Gasteiger partial charge in [-0.3, -0.25) is 0 Å². The van der Waals surface area contributed by atoms with Gasteiger partial charge in [-0.1, -0.05) is 19.0 Å². The minimum Gasteiger partial charge on any atom is -0.478 e. The summed E-state index contributed by atoms with van der Waals surface area (Å²) in [5, 5.41) is 21.4. The lowest BCUT2D eigenvalue weighted by Gasteiger charge is -1.97. The average Bonchev–Trinajstić information content (AvgIpc) is 2.82. The fourth-order valence-corrected chi connectivity index (χ4v) is 1.69. The van der Waals surface area contributed by atoms with E-state index in [1.165, 1.54) is 0 Å². The highest BCUT2D eigenvalue weighted by Crippen LogP contribution is 2.35. The molecule has 0 unspecified atom stereocenters. The van der Waals surface area contributed by atoms with Gasteiger partial charge in [-0.15, -0.1) is 10.2 Å². The van der Waals surface area contributed by atoms with Crippen molar-refractivity contribution in [1.29, 1.82) is 0 Å². The van der Waals surface area contributed by atoms with Gasteiger partial charge in [0.15, 0.2) is 5.69 Å². The summed E-state index contributed by atoms with van der Waals surface area (Å²) in [4.78, 5) is 4.03. The van der Waals surface area contributed by atoms with E-state index in [-0.39, 0.29) is 17.6 Å². The molecule has 7 nitrogen and oxygen atoms in total. The summed E-state index contributed by atoms with van der Waals surface area (Å²) in [7, 11) is 0. The van der Waals surface area contributed by atoms with E-state index in [4.69, 9.17) is 0 Å². The molecule has 2 aromatic rings. The molecule has 0 bridgehead atoms. The fourth-order valence-electron chi connectivity index (χ4n) is 1.18. The first-order valence-corrected chi connectivity index (χ1v) is 5.76. The second kappa shape index (κ2) is 4.58. The number of aryl methyl sites for hydroxylation is 1. The van der Waals surface area contributed by atoms with E-state index >= 15 is 0 Å². The molecule has 17 heavy (non-hydrogen) atoms. The highest BCUT2D eigenvalue weighted by Gasteiger charge is 2.18. The standard InChI is InChI=1S/C9H11N5O2S/c1-4(2)6-7(8(15)16-13-6)11-12-9-10-5(3)14-17-9/h4,15H,1-3H3. The molecular formula is C9H11N5O2S. The molecule has 0 aromatic carbocycles. The van der Waals surface area contributed by atoms with E-state index in [0.29, 0.717) is 16.6 Å². The van der Waals surface area contributed by atoms with E-state index in [9.17, 15) is 5.11 Å². The summed E-state index contributed by atoms with van der Waals surface area (Å²) in [5.41, 5.74) is 0.806. The van der Waals surface area contributed by atoms with E-state index < -0.39 is 0 Å². The van der Waals surface area contributed by atoms with Crippen LogP contribution in [0.5, 0.6) is 5.95 Å². The molecule has 1 N–H and O–H groups in total. The topological polar surface area (TPSA) is 96.8 Å². The van der Waals surface area contributed by atoms with Crippen LogP contribution in [0.15, 0.2) is 14.8 Å². The third-order valence-corrected chi connectivity index (χ3v) is 2.67. The Morgan fingerprint density at radius 2 is 2.12 bits per heavy atom. The Kier molecular flexibility index (Phi) is 3.14. The Morgan fingerprint density at radius 1 is 1.35 bits per heavy atom. The molecule has 0 spiro atoms. The third-order valence-electron chi connectivity index (χ3n) is 1.97. The van der Waals surface area contributed by atoms with Crippen molar-refractivity contribution in [3.05, 3.63) is 11.5 Å². The van der Waals surface area contributed by atoms with Gasteiger partial charge in [0.05, 0.1) is 0 Å². The number of hydrogen-bond donors (Lipinski definition) is 1. The normalized spacial score (nSPS) is 11.8. The number of nitrogens with zero attached hydrogens (tertiary/aromatic N) is 5. The van der Waals surface area contributed by atoms with Crippen LogP contribution in [0.1, 0.15) is 31.3 Å². The SMILES string of the molecule is Cc1nsc(N=Nc2c(C(C)C)noc2O)n1. The molecule has 0 aliphatic carbocycles. The second-order valence-electron chi connectivity index (χ2n) is 3.70. The largest absolute Gasteiger partial charge is 0.478 e. The van der Waals surface area contributed by atoms with E-state index in [2.05, 4.69) is 29.3 Å². The molecule has 2 heterocycles. The van der Waals surface area contributed by atoms with Crippen LogP contribution in [0.4, 0.5) is 10.8 Å². The average molecular weight is 253 g/mol. The minimum atomic E-state index is -0.335. The highest BCUT2D eigenvalue weighted by atomic mass is 32.1. The Bertz CT molecular complexity index is 545. The van der Waals surface area contributed by atoms with Crippen molar-refractivity contribution in [2.45, 2.75) is 26.7 Å². The Morgan fingerprint density at radius 3 is 2.71 bits per heavy atom. The molecule has 0 amide bonds. The maximum Gasteiger partial charge on any atom is 0.337 e. The lowest BCUT2D eigenvalue weighted by molar-refractivity contribution is 0.276. The van der Waals surface area contributed by atoms with Gasteiger partial charge in [0.25, 0.3) is 0 Å². The first-order valence-electron chi connectivity index (χ1n) is 4.98. The van der Waals surface area contributed by atoms with Crippen molar-refractivity contribution in [1.82, 2.24) is 14.5 Å². The lowest BCUT2D eigenvalue weighted by atomic mass is 10.1. The van der Waals surface area contributed by atoms with E-state index in [1.807, 2.05) is 13.8 Å². The summed E-state index contributed by atoms with van der Waals surface area (Å²) < 4.78 is 8.64. The Balaban J connectivity index is 2.29. The molecule has 90 valence electrons. The van der Waals surface area contributed by atoms with Gasteiger partial charge in [-0.05, 0) is 6.92 Å². The monoisotopic (exact) mass is 253 g/mol. The van der Waals surface area contributed by atoms with Crippen LogP contribution in [0.2, 0.25) is 0 Å². The summed E-state index contributed by atoms with van der Waals surface area (Å²) in [6.07, 6.45) is 0. The second-order valence-corrected chi connectivity index (χ2v) is 4.43. The highest BCUT2D eigenvalue weighted by molar-refractivity contribution is 7.09. The van der Waals surface area contributed by atoms with Crippen LogP contribution in [-0.4, -0.2) is 19.6 Å². The van der Waals surface area contributed by atoms with Crippen molar-refractivity contribution in [3.8, 4) is 5.95 Å². The van der Waals surface area contributed by atoms with Gasteiger partial charge in [0.2, 0.25) is 5.13 Å². The first-order chi connectivity index (χ1) is 8.08. The summed E-state index contributed by atoms with van der Waals surface area (Å²) in [5.74, 6) is 0.394. The van der Waals surface area contributed by atoms with Gasteiger partial charge in [0.1, 0.15) is 11.5 Å². The molecule has 2 rings (SSSR count). The molecular weight excluding hydrogens is 242 g/mol. The lowest BCUT2D eigenvalue weighted by Crippen LogP contribution is -1.86. The smallest absolute Gasteiger partial charge is 0.337 e. The van der Waals surface area contributed by atoms with Crippen molar-refractivity contribution in [2.24, 2.45) is 10.2 Å². The predicted octanol–water partition coefficient (Wildman–Crippen LogP) is 3.08. The number of aromatic hydroxyl groups is 1. The Labute approximate surface area is 101 Å². The van der Waals surface area contributed by atoms with Gasteiger partial charge in [-0.25, -0.2) is 4.98 Å².